The van der Waals surface area contributed by atoms with E-state index in [0.717, 1.165) is 17.2 Å². The highest BCUT2D eigenvalue weighted by atomic mass is 35.5. The molecule has 1 aromatic carbocycles. The van der Waals surface area contributed by atoms with Gasteiger partial charge in [0.25, 0.3) is 0 Å². The zero-order chi connectivity index (χ0) is 13.9. The van der Waals surface area contributed by atoms with E-state index in [1.165, 1.54) is 50.9 Å². The SMILES string of the molecule is C[C@@H](Cc1ccc(OC2CC2)c(Cl)c1)CN1CCCC1. The molecule has 0 spiro atoms. The van der Waals surface area contributed by atoms with Crippen molar-refractivity contribution in [1.29, 1.82) is 0 Å². The summed E-state index contributed by atoms with van der Waals surface area (Å²) in [5.74, 6) is 1.53. The molecule has 2 fully saturated rings. The normalized spacial score (nSPS) is 21.1. The van der Waals surface area contributed by atoms with E-state index in [-0.39, 0.29) is 0 Å². The molecule has 0 N–H and O–H groups in total. The van der Waals surface area contributed by atoms with Crippen molar-refractivity contribution in [3.8, 4) is 5.75 Å². The molecule has 0 radical (unpaired) electrons. The monoisotopic (exact) mass is 293 g/mol. The van der Waals surface area contributed by atoms with Crippen LogP contribution in [0, 0.1) is 5.92 Å². The van der Waals surface area contributed by atoms with Gasteiger partial charge in [0.15, 0.2) is 0 Å². The predicted octanol–water partition coefficient (Wildman–Crippen LogP) is 4.16. The van der Waals surface area contributed by atoms with Crippen molar-refractivity contribution in [3.05, 3.63) is 28.8 Å². The van der Waals surface area contributed by atoms with Gasteiger partial charge in [-0.05, 0) is 68.8 Å². The van der Waals surface area contributed by atoms with Gasteiger partial charge in [-0.15, -0.1) is 0 Å². The summed E-state index contributed by atoms with van der Waals surface area (Å²) in [7, 11) is 0. The smallest absolute Gasteiger partial charge is 0.138 e. The first-order valence-electron chi connectivity index (χ1n) is 7.88. The number of hydrogen-bond donors (Lipinski definition) is 0. The molecule has 1 saturated carbocycles. The van der Waals surface area contributed by atoms with Gasteiger partial charge in [0.2, 0.25) is 0 Å². The summed E-state index contributed by atoms with van der Waals surface area (Å²) < 4.78 is 5.78. The number of rotatable bonds is 6. The third-order valence-corrected chi connectivity index (χ3v) is 4.46. The molecule has 110 valence electrons. The van der Waals surface area contributed by atoms with Gasteiger partial charge in [-0.3, -0.25) is 0 Å². The maximum Gasteiger partial charge on any atom is 0.138 e. The third kappa shape index (κ3) is 3.89. The van der Waals surface area contributed by atoms with E-state index in [2.05, 4.69) is 24.0 Å². The summed E-state index contributed by atoms with van der Waals surface area (Å²) in [6.45, 7) is 6.09. The van der Waals surface area contributed by atoms with Gasteiger partial charge in [-0.25, -0.2) is 0 Å². The molecule has 1 aromatic rings. The van der Waals surface area contributed by atoms with Gasteiger partial charge in [0, 0.05) is 6.54 Å². The van der Waals surface area contributed by atoms with Gasteiger partial charge in [0.1, 0.15) is 5.75 Å². The summed E-state index contributed by atoms with van der Waals surface area (Å²) in [4.78, 5) is 2.58. The van der Waals surface area contributed by atoms with Crippen LogP contribution in [-0.2, 0) is 6.42 Å². The van der Waals surface area contributed by atoms with Crippen LogP contribution in [0.15, 0.2) is 18.2 Å². The highest BCUT2D eigenvalue weighted by Gasteiger charge is 2.24. The average molecular weight is 294 g/mol. The standard InChI is InChI=1S/C17H24ClNO/c1-13(12-19-8-2-3-9-19)10-14-4-7-17(16(18)11-14)20-15-5-6-15/h4,7,11,13,15H,2-3,5-6,8-10,12H2,1H3/t13-/m0/s1. The Hall–Kier alpha value is -0.730. The van der Waals surface area contributed by atoms with Crippen molar-refractivity contribution in [3.63, 3.8) is 0 Å². The van der Waals surface area contributed by atoms with Crippen LogP contribution in [0.1, 0.15) is 38.2 Å². The predicted molar refractivity (Wildman–Crippen MR) is 83.6 cm³/mol. The van der Waals surface area contributed by atoms with Crippen molar-refractivity contribution in [2.75, 3.05) is 19.6 Å². The number of hydrogen-bond acceptors (Lipinski definition) is 2. The van der Waals surface area contributed by atoms with Crippen LogP contribution >= 0.6 is 11.6 Å². The number of nitrogens with zero attached hydrogens (tertiary/aromatic N) is 1. The van der Waals surface area contributed by atoms with Crippen LogP contribution in [0.5, 0.6) is 5.75 Å². The topological polar surface area (TPSA) is 12.5 Å². The fourth-order valence-corrected chi connectivity index (χ4v) is 3.25. The molecule has 3 heteroatoms. The minimum absolute atomic E-state index is 0.410. The maximum atomic E-state index is 6.32. The molecule has 0 unspecified atom stereocenters. The number of likely N-dealkylation sites (tertiary alicyclic amines) is 1. The van der Waals surface area contributed by atoms with E-state index in [0.29, 0.717) is 12.0 Å². The minimum Gasteiger partial charge on any atom is -0.489 e. The molecule has 0 bridgehead atoms. The Bertz CT molecular complexity index is 452. The van der Waals surface area contributed by atoms with Crippen LogP contribution < -0.4 is 4.74 Å². The zero-order valence-electron chi connectivity index (χ0n) is 12.3. The molecule has 1 aliphatic carbocycles. The van der Waals surface area contributed by atoms with Crippen LogP contribution in [0.4, 0.5) is 0 Å². The fourth-order valence-electron chi connectivity index (χ4n) is 3.01. The number of ether oxygens (including phenoxy) is 1. The van der Waals surface area contributed by atoms with E-state index in [1.807, 2.05) is 6.07 Å². The quantitative estimate of drug-likeness (QED) is 0.781. The van der Waals surface area contributed by atoms with Crippen molar-refractivity contribution >= 4 is 11.6 Å². The first-order valence-corrected chi connectivity index (χ1v) is 8.26. The largest absolute Gasteiger partial charge is 0.489 e. The van der Waals surface area contributed by atoms with Gasteiger partial charge in [-0.2, -0.15) is 0 Å². The lowest BCUT2D eigenvalue weighted by Crippen LogP contribution is -2.26. The lowest BCUT2D eigenvalue weighted by Gasteiger charge is -2.20. The first-order chi connectivity index (χ1) is 9.70. The zero-order valence-corrected chi connectivity index (χ0v) is 13.0. The summed E-state index contributed by atoms with van der Waals surface area (Å²) in [6, 6.07) is 6.29. The molecule has 2 aliphatic rings. The lowest BCUT2D eigenvalue weighted by molar-refractivity contribution is 0.287. The second-order valence-electron chi connectivity index (χ2n) is 6.40. The number of halogens is 1. The summed E-state index contributed by atoms with van der Waals surface area (Å²) in [6.07, 6.45) is 6.58. The molecule has 0 amide bonds. The van der Waals surface area contributed by atoms with E-state index >= 15 is 0 Å². The van der Waals surface area contributed by atoms with Gasteiger partial charge < -0.3 is 9.64 Å². The molecule has 1 heterocycles. The van der Waals surface area contributed by atoms with Crippen LogP contribution in [-0.4, -0.2) is 30.6 Å². The summed E-state index contributed by atoms with van der Waals surface area (Å²) >= 11 is 6.32. The summed E-state index contributed by atoms with van der Waals surface area (Å²) in [5.41, 5.74) is 1.32. The molecule has 3 rings (SSSR count). The van der Waals surface area contributed by atoms with Crippen LogP contribution in [0.3, 0.4) is 0 Å². The molecule has 0 aromatic heterocycles. The van der Waals surface area contributed by atoms with Crippen LogP contribution in [0.2, 0.25) is 5.02 Å². The summed E-state index contributed by atoms with van der Waals surface area (Å²) in [5, 5.41) is 0.766. The lowest BCUT2D eigenvalue weighted by atomic mass is 10.0. The van der Waals surface area contributed by atoms with Gasteiger partial charge in [0.05, 0.1) is 11.1 Å². The Morgan fingerprint density at radius 1 is 1.30 bits per heavy atom. The van der Waals surface area contributed by atoms with Crippen molar-refractivity contribution in [1.82, 2.24) is 4.90 Å². The minimum atomic E-state index is 0.410. The van der Waals surface area contributed by atoms with Crippen LogP contribution in [0.25, 0.3) is 0 Å². The Kier molecular flexibility index (Phi) is 4.52. The molecule has 2 nitrogen and oxygen atoms in total. The number of benzene rings is 1. The van der Waals surface area contributed by atoms with Crippen molar-refractivity contribution in [2.24, 2.45) is 5.92 Å². The van der Waals surface area contributed by atoms with Gasteiger partial charge >= 0.3 is 0 Å². The maximum absolute atomic E-state index is 6.32. The van der Waals surface area contributed by atoms with Crippen molar-refractivity contribution < 1.29 is 4.74 Å². The third-order valence-electron chi connectivity index (χ3n) is 4.17. The second-order valence-corrected chi connectivity index (χ2v) is 6.81. The Labute approximate surface area is 127 Å². The Balaban J connectivity index is 1.54. The molecule has 1 saturated heterocycles. The Morgan fingerprint density at radius 2 is 2.05 bits per heavy atom. The van der Waals surface area contributed by atoms with E-state index in [9.17, 15) is 0 Å². The van der Waals surface area contributed by atoms with E-state index in [1.54, 1.807) is 0 Å². The average Bonchev–Trinajstić information content (AvgIpc) is 3.08. The van der Waals surface area contributed by atoms with Gasteiger partial charge in [-0.1, -0.05) is 24.6 Å². The highest BCUT2D eigenvalue weighted by molar-refractivity contribution is 6.32. The molecular formula is C17H24ClNO. The molecule has 1 atom stereocenters. The molecule has 1 aliphatic heterocycles. The van der Waals surface area contributed by atoms with E-state index < -0.39 is 0 Å². The molecular weight excluding hydrogens is 270 g/mol. The first kappa shape index (κ1) is 14.2. The molecule has 20 heavy (non-hydrogen) atoms. The highest BCUT2D eigenvalue weighted by Crippen LogP contribution is 2.32. The van der Waals surface area contributed by atoms with Crippen molar-refractivity contribution in [2.45, 2.75) is 45.1 Å². The Morgan fingerprint density at radius 3 is 2.70 bits per heavy atom. The van der Waals surface area contributed by atoms with E-state index in [4.69, 9.17) is 16.3 Å². The second kappa shape index (κ2) is 6.36. The fraction of sp³-hybridized carbons (Fsp3) is 0.647.